The Balaban J connectivity index is 2.79. The molecule has 0 atom stereocenters. The maximum Gasteiger partial charge on any atom is 0.339 e. The van der Waals surface area contributed by atoms with E-state index in [1.54, 1.807) is 0 Å². The molecule has 1 aromatic carbocycles. The van der Waals surface area contributed by atoms with Crippen LogP contribution in [0.15, 0.2) is 24.3 Å². The van der Waals surface area contributed by atoms with Crippen molar-refractivity contribution in [1.82, 2.24) is 0 Å². The summed E-state index contributed by atoms with van der Waals surface area (Å²) in [5.74, 6) is -0.493. The second kappa shape index (κ2) is 4.62. The van der Waals surface area contributed by atoms with Crippen molar-refractivity contribution in [3.63, 3.8) is 0 Å². The van der Waals surface area contributed by atoms with Gasteiger partial charge in [0.25, 0.3) is 0 Å². The summed E-state index contributed by atoms with van der Waals surface area (Å²) in [5.41, 5.74) is 0.897. The lowest BCUT2D eigenvalue weighted by Crippen LogP contribution is -2.03. The zero-order chi connectivity index (χ0) is 9.68. The van der Waals surface area contributed by atoms with E-state index < -0.39 is 5.97 Å². The largest absolute Gasteiger partial charge is 0.446 e. The predicted octanol–water partition coefficient (Wildman–Crippen LogP) is 1.85. The van der Waals surface area contributed by atoms with Crippen LogP contribution in [0.2, 0.25) is 0 Å². The SMILES string of the molecule is O=Cc1ccc(C(=O)OCCl)cc1. The summed E-state index contributed by atoms with van der Waals surface area (Å²) >= 11 is 5.21. The van der Waals surface area contributed by atoms with Gasteiger partial charge in [0.05, 0.1) is 5.56 Å². The smallest absolute Gasteiger partial charge is 0.339 e. The fourth-order valence-electron chi connectivity index (χ4n) is 0.831. The minimum atomic E-state index is -0.493. The number of rotatable bonds is 3. The van der Waals surface area contributed by atoms with Gasteiger partial charge in [0.15, 0.2) is 6.07 Å². The molecule has 4 heteroatoms. The Bertz CT molecular complexity index is 305. The van der Waals surface area contributed by atoms with E-state index >= 15 is 0 Å². The standard InChI is InChI=1S/C9H7ClO3/c10-6-13-9(12)8-3-1-7(5-11)2-4-8/h1-5H,6H2. The zero-order valence-corrected chi connectivity index (χ0v) is 7.45. The van der Waals surface area contributed by atoms with Crippen LogP contribution in [0.5, 0.6) is 0 Å². The fraction of sp³-hybridized carbons (Fsp3) is 0.111. The first-order valence-electron chi connectivity index (χ1n) is 3.56. The molecule has 0 saturated carbocycles. The van der Waals surface area contributed by atoms with Crippen LogP contribution in [0.3, 0.4) is 0 Å². The molecule has 0 N–H and O–H groups in total. The molecule has 0 saturated heterocycles. The van der Waals surface area contributed by atoms with Crippen LogP contribution in [0, 0.1) is 0 Å². The van der Waals surface area contributed by atoms with Gasteiger partial charge in [-0.3, -0.25) is 4.79 Å². The Morgan fingerprint density at radius 2 is 2.00 bits per heavy atom. The normalized spacial score (nSPS) is 9.31. The van der Waals surface area contributed by atoms with E-state index in [9.17, 15) is 9.59 Å². The van der Waals surface area contributed by atoms with Crippen molar-refractivity contribution in [1.29, 1.82) is 0 Å². The van der Waals surface area contributed by atoms with Gasteiger partial charge in [0.2, 0.25) is 0 Å². The van der Waals surface area contributed by atoms with E-state index in [1.807, 2.05) is 0 Å². The van der Waals surface area contributed by atoms with Gasteiger partial charge in [-0.15, -0.1) is 0 Å². The summed E-state index contributed by atoms with van der Waals surface area (Å²) in [6.07, 6.45) is 0.705. The van der Waals surface area contributed by atoms with Crippen molar-refractivity contribution in [2.45, 2.75) is 0 Å². The van der Waals surface area contributed by atoms with Crippen LogP contribution in [-0.2, 0) is 4.74 Å². The number of aldehydes is 1. The Morgan fingerprint density at radius 1 is 1.38 bits per heavy atom. The number of hydrogen-bond donors (Lipinski definition) is 0. The second-order valence-corrected chi connectivity index (χ2v) is 2.50. The minimum absolute atomic E-state index is 0.172. The van der Waals surface area contributed by atoms with Gasteiger partial charge in [-0.1, -0.05) is 23.7 Å². The van der Waals surface area contributed by atoms with Gasteiger partial charge in [0, 0.05) is 5.56 Å². The van der Waals surface area contributed by atoms with E-state index in [4.69, 9.17) is 11.6 Å². The number of carbonyl (C=O) groups excluding carboxylic acids is 2. The maximum absolute atomic E-state index is 11.0. The Hall–Kier alpha value is -1.35. The topological polar surface area (TPSA) is 43.4 Å². The molecule has 0 unspecified atom stereocenters. The Kier molecular flexibility index (Phi) is 3.46. The predicted molar refractivity (Wildman–Crippen MR) is 48.0 cm³/mol. The molecule has 0 aromatic heterocycles. The number of halogens is 1. The van der Waals surface area contributed by atoms with Crippen molar-refractivity contribution in [2.75, 3.05) is 6.07 Å². The van der Waals surface area contributed by atoms with Crippen LogP contribution in [0.25, 0.3) is 0 Å². The highest BCUT2D eigenvalue weighted by Crippen LogP contribution is 2.04. The highest BCUT2D eigenvalue weighted by Gasteiger charge is 2.04. The van der Waals surface area contributed by atoms with Gasteiger partial charge in [-0.2, -0.15) is 0 Å². The molecule has 3 nitrogen and oxygen atoms in total. The molecule has 0 radical (unpaired) electrons. The van der Waals surface area contributed by atoms with Crippen molar-refractivity contribution in [2.24, 2.45) is 0 Å². The molecule has 1 aromatic rings. The van der Waals surface area contributed by atoms with E-state index in [-0.39, 0.29) is 6.07 Å². The molecule has 0 fully saturated rings. The zero-order valence-electron chi connectivity index (χ0n) is 6.70. The van der Waals surface area contributed by atoms with E-state index in [2.05, 4.69) is 4.74 Å². The summed E-state index contributed by atoms with van der Waals surface area (Å²) in [6.45, 7) is 0. The van der Waals surface area contributed by atoms with Gasteiger partial charge in [-0.05, 0) is 12.1 Å². The molecule has 0 spiro atoms. The maximum atomic E-state index is 11.0. The molecule has 68 valence electrons. The summed E-state index contributed by atoms with van der Waals surface area (Å²) in [4.78, 5) is 21.3. The Morgan fingerprint density at radius 3 is 2.46 bits per heavy atom. The van der Waals surface area contributed by atoms with E-state index in [0.29, 0.717) is 17.4 Å². The molecule has 0 aliphatic heterocycles. The van der Waals surface area contributed by atoms with Gasteiger partial charge in [0.1, 0.15) is 6.29 Å². The van der Waals surface area contributed by atoms with E-state index in [0.717, 1.165) is 0 Å². The number of esters is 1. The number of ether oxygens (including phenoxy) is 1. The lowest BCUT2D eigenvalue weighted by atomic mass is 10.1. The number of alkyl halides is 1. The molecular formula is C9H7ClO3. The molecule has 0 bridgehead atoms. The average Bonchev–Trinajstić information content (AvgIpc) is 2.18. The third-order valence-electron chi connectivity index (χ3n) is 1.47. The van der Waals surface area contributed by atoms with Crippen molar-refractivity contribution < 1.29 is 14.3 Å². The highest BCUT2D eigenvalue weighted by atomic mass is 35.5. The highest BCUT2D eigenvalue weighted by molar-refractivity contribution is 6.17. The van der Waals surface area contributed by atoms with Crippen LogP contribution in [0.4, 0.5) is 0 Å². The fourth-order valence-corrected chi connectivity index (χ4v) is 0.930. The molecular weight excluding hydrogens is 192 g/mol. The lowest BCUT2D eigenvalue weighted by molar-refractivity contribution is 0.0574. The van der Waals surface area contributed by atoms with E-state index in [1.165, 1.54) is 24.3 Å². The average molecular weight is 199 g/mol. The second-order valence-electron chi connectivity index (χ2n) is 2.28. The molecule has 0 amide bonds. The van der Waals surface area contributed by atoms with Gasteiger partial charge < -0.3 is 4.74 Å². The summed E-state index contributed by atoms with van der Waals surface area (Å²) in [5, 5.41) is 0. The molecule has 0 aliphatic carbocycles. The lowest BCUT2D eigenvalue weighted by Gasteiger charge is -1.99. The van der Waals surface area contributed by atoms with Crippen LogP contribution < -0.4 is 0 Å². The van der Waals surface area contributed by atoms with Crippen LogP contribution in [0.1, 0.15) is 20.7 Å². The molecule has 13 heavy (non-hydrogen) atoms. The third kappa shape index (κ3) is 2.56. The van der Waals surface area contributed by atoms with Gasteiger partial charge in [-0.25, -0.2) is 4.79 Å². The molecule has 1 rings (SSSR count). The first-order valence-corrected chi connectivity index (χ1v) is 4.09. The van der Waals surface area contributed by atoms with Crippen molar-refractivity contribution in [3.8, 4) is 0 Å². The summed E-state index contributed by atoms with van der Waals surface area (Å²) in [6, 6.07) is 5.93. The van der Waals surface area contributed by atoms with Gasteiger partial charge >= 0.3 is 5.97 Å². The molecule has 0 heterocycles. The molecule has 0 aliphatic rings. The monoisotopic (exact) mass is 198 g/mol. The first-order chi connectivity index (χ1) is 6.27. The third-order valence-corrected chi connectivity index (χ3v) is 1.58. The minimum Gasteiger partial charge on any atom is -0.446 e. The summed E-state index contributed by atoms with van der Waals surface area (Å²) < 4.78 is 4.54. The quantitative estimate of drug-likeness (QED) is 0.423. The summed E-state index contributed by atoms with van der Waals surface area (Å²) in [7, 11) is 0. The van der Waals surface area contributed by atoms with Crippen LogP contribution in [-0.4, -0.2) is 18.3 Å². The first kappa shape index (κ1) is 9.74. The van der Waals surface area contributed by atoms with Crippen molar-refractivity contribution in [3.05, 3.63) is 35.4 Å². The number of hydrogen-bond acceptors (Lipinski definition) is 3. The Labute approximate surface area is 80.3 Å². The van der Waals surface area contributed by atoms with Crippen molar-refractivity contribution >= 4 is 23.9 Å². The number of carbonyl (C=O) groups is 2. The number of benzene rings is 1. The van der Waals surface area contributed by atoms with Crippen LogP contribution >= 0.6 is 11.6 Å².